The van der Waals surface area contributed by atoms with Gasteiger partial charge in [-0.1, -0.05) is 30.3 Å². The van der Waals surface area contributed by atoms with Gasteiger partial charge in [0.1, 0.15) is 17.6 Å². The molecule has 4 atom stereocenters. The molecule has 1 heterocycles. The topological polar surface area (TPSA) is 36.9 Å². The van der Waals surface area contributed by atoms with Gasteiger partial charge in [0.05, 0.1) is 12.7 Å². The zero-order chi connectivity index (χ0) is 15.1. The zero-order valence-corrected chi connectivity index (χ0v) is 13.7. The van der Waals surface area contributed by atoms with Crippen LogP contribution in [0.25, 0.3) is 0 Å². The minimum absolute atomic E-state index is 0.0390. The molecule has 1 unspecified atom stereocenters. The van der Waals surface area contributed by atoms with Crippen molar-refractivity contribution in [2.75, 3.05) is 27.9 Å². The van der Waals surface area contributed by atoms with Crippen LogP contribution >= 0.6 is 11.8 Å². The van der Waals surface area contributed by atoms with Gasteiger partial charge in [-0.2, -0.15) is 0 Å². The fourth-order valence-electron chi connectivity index (χ4n) is 2.59. The van der Waals surface area contributed by atoms with E-state index in [1.807, 2.05) is 6.07 Å². The van der Waals surface area contributed by atoms with Crippen molar-refractivity contribution in [3.63, 3.8) is 0 Å². The van der Waals surface area contributed by atoms with E-state index in [0.29, 0.717) is 6.61 Å². The number of benzene rings is 1. The molecule has 1 aliphatic rings. The van der Waals surface area contributed by atoms with Crippen molar-refractivity contribution in [2.45, 2.75) is 35.9 Å². The number of thioether (sulfide) groups is 1. The van der Waals surface area contributed by atoms with Gasteiger partial charge in [-0.05, 0) is 5.56 Å². The number of hydrogen-bond donors (Lipinski definition) is 0. The highest BCUT2D eigenvalue weighted by Gasteiger charge is 2.39. The summed E-state index contributed by atoms with van der Waals surface area (Å²) in [5, 5.41) is 0. The van der Waals surface area contributed by atoms with Crippen LogP contribution in [-0.2, 0) is 24.7 Å². The molecule has 0 aromatic heterocycles. The lowest BCUT2D eigenvalue weighted by Gasteiger charge is -2.40. The fraction of sp³-hybridized carbons (Fsp3) is 0.625. The molecule has 1 aliphatic heterocycles. The number of rotatable bonds is 7. The summed E-state index contributed by atoms with van der Waals surface area (Å²) in [4.78, 5) is 0. The summed E-state index contributed by atoms with van der Waals surface area (Å²) in [7, 11) is 5.10. The third kappa shape index (κ3) is 4.69. The lowest BCUT2D eigenvalue weighted by molar-refractivity contribution is -0.179. The van der Waals surface area contributed by atoms with E-state index in [9.17, 15) is 0 Å². The van der Waals surface area contributed by atoms with Crippen LogP contribution in [0.5, 0.6) is 0 Å². The number of methoxy groups -OCH3 is 3. The van der Waals surface area contributed by atoms with Crippen LogP contribution in [0, 0.1) is 0 Å². The third-order valence-corrected chi connectivity index (χ3v) is 4.84. The summed E-state index contributed by atoms with van der Waals surface area (Å²) < 4.78 is 22.5. The Morgan fingerprint density at radius 2 is 1.90 bits per heavy atom. The largest absolute Gasteiger partial charge is 0.382 e. The molecule has 0 amide bonds. The quantitative estimate of drug-likeness (QED) is 0.774. The van der Waals surface area contributed by atoms with Gasteiger partial charge in [0.2, 0.25) is 0 Å². The molecule has 0 spiro atoms. The van der Waals surface area contributed by atoms with E-state index in [1.54, 1.807) is 33.1 Å². The normalized spacial score (nSPS) is 29.5. The van der Waals surface area contributed by atoms with E-state index in [4.69, 9.17) is 18.9 Å². The van der Waals surface area contributed by atoms with E-state index in [0.717, 1.165) is 12.2 Å². The zero-order valence-electron chi connectivity index (χ0n) is 12.9. The minimum Gasteiger partial charge on any atom is -0.382 e. The van der Waals surface area contributed by atoms with Gasteiger partial charge in [0.15, 0.2) is 0 Å². The number of hydrogen-bond acceptors (Lipinski definition) is 5. The van der Waals surface area contributed by atoms with Gasteiger partial charge in [0, 0.05) is 33.5 Å². The van der Waals surface area contributed by atoms with Crippen LogP contribution in [-0.4, -0.2) is 51.7 Å². The predicted molar refractivity (Wildman–Crippen MR) is 84.5 cm³/mol. The maximum Gasteiger partial charge on any atom is 0.112 e. The molecule has 1 saturated heterocycles. The van der Waals surface area contributed by atoms with Crippen molar-refractivity contribution in [3.8, 4) is 0 Å². The van der Waals surface area contributed by atoms with E-state index >= 15 is 0 Å². The van der Waals surface area contributed by atoms with Crippen LogP contribution in [0.1, 0.15) is 12.0 Å². The Morgan fingerprint density at radius 3 is 2.52 bits per heavy atom. The highest BCUT2D eigenvalue weighted by atomic mass is 32.2. The Labute approximate surface area is 131 Å². The second kappa shape index (κ2) is 8.76. The van der Waals surface area contributed by atoms with Crippen molar-refractivity contribution < 1.29 is 18.9 Å². The second-order valence-corrected chi connectivity index (χ2v) is 6.21. The second-order valence-electron chi connectivity index (χ2n) is 5.07. The molecular formula is C16H24O4S. The summed E-state index contributed by atoms with van der Waals surface area (Å²) in [5.41, 5.74) is 1.40. The van der Waals surface area contributed by atoms with Crippen LogP contribution in [0.4, 0.5) is 0 Å². The molecular weight excluding hydrogens is 288 g/mol. The summed E-state index contributed by atoms with van der Waals surface area (Å²) in [6, 6.07) is 10.4. The van der Waals surface area contributed by atoms with Gasteiger partial charge in [-0.3, -0.25) is 0 Å². The molecule has 5 heteroatoms. The van der Waals surface area contributed by atoms with Crippen LogP contribution < -0.4 is 0 Å². The average Bonchev–Trinajstić information content (AvgIpc) is 2.53. The maximum absolute atomic E-state index is 6.12. The monoisotopic (exact) mass is 312 g/mol. The van der Waals surface area contributed by atoms with Crippen molar-refractivity contribution in [1.82, 2.24) is 0 Å². The van der Waals surface area contributed by atoms with Crippen LogP contribution in [0.3, 0.4) is 0 Å². The Bertz CT molecular complexity index is 401. The highest BCUT2D eigenvalue weighted by Crippen LogP contribution is 2.32. The van der Waals surface area contributed by atoms with Crippen LogP contribution in [0.15, 0.2) is 30.3 Å². The first-order valence-corrected chi connectivity index (χ1v) is 8.19. The molecule has 1 aromatic rings. The summed E-state index contributed by atoms with van der Waals surface area (Å²) in [6.45, 7) is 0.515. The molecule has 0 aliphatic carbocycles. The molecule has 1 aromatic carbocycles. The van der Waals surface area contributed by atoms with Crippen molar-refractivity contribution >= 4 is 11.8 Å². The summed E-state index contributed by atoms with van der Waals surface area (Å²) in [5.74, 6) is 0.930. The molecule has 118 valence electrons. The van der Waals surface area contributed by atoms with Gasteiger partial charge in [-0.15, -0.1) is 11.8 Å². The lowest BCUT2D eigenvalue weighted by Crippen LogP contribution is -2.51. The van der Waals surface area contributed by atoms with Crippen molar-refractivity contribution in [3.05, 3.63) is 35.9 Å². The van der Waals surface area contributed by atoms with E-state index in [1.165, 1.54) is 5.56 Å². The van der Waals surface area contributed by atoms with Gasteiger partial charge in [-0.25, -0.2) is 0 Å². The SMILES string of the molecule is COC[C@H]1OC(SCc2ccccc2)C[C@@H](OC)[C@@H]1OC. The molecule has 0 bridgehead atoms. The van der Waals surface area contributed by atoms with Crippen molar-refractivity contribution in [2.24, 2.45) is 0 Å². The third-order valence-electron chi connectivity index (χ3n) is 3.67. The van der Waals surface area contributed by atoms with E-state index in [2.05, 4.69) is 24.3 Å². The van der Waals surface area contributed by atoms with Crippen molar-refractivity contribution in [1.29, 1.82) is 0 Å². The summed E-state index contributed by atoms with van der Waals surface area (Å²) >= 11 is 1.80. The van der Waals surface area contributed by atoms with E-state index in [-0.39, 0.29) is 23.7 Å². The Kier molecular flexibility index (Phi) is 6.99. The standard InChI is InChI=1S/C16H24O4S/c1-17-10-14-16(19-3)13(18-2)9-15(20-14)21-11-12-7-5-4-6-8-12/h4-8,13-16H,9-11H2,1-3H3/t13-,14-,15?,16+/m1/s1. The molecule has 2 rings (SSSR count). The molecule has 0 saturated carbocycles. The first kappa shape index (κ1) is 16.8. The Morgan fingerprint density at radius 1 is 1.14 bits per heavy atom. The molecule has 0 N–H and O–H groups in total. The van der Waals surface area contributed by atoms with E-state index < -0.39 is 0 Å². The Hall–Kier alpha value is -0.590. The van der Waals surface area contributed by atoms with Crippen LogP contribution in [0.2, 0.25) is 0 Å². The minimum atomic E-state index is -0.0908. The molecule has 4 nitrogen and oxygen atoms in total. The molecule has 1 fully saturated rings. The maximum atomic E-state index is 6.12. The Balaban J connectivity index is 1.94. The molecule has 21 heavy (non-hydrogen) atoms. The van der Waals surface area contributed by atoms with Gasteiger partial charge in [0.25, 0.3) is 0 Å². The average molecular weight is 312 g/mol. The first-order chi connectivity index (χ1) is 10.3. The number of ether oxygens (including phenoxy) is 4. The van der Waals surface area contributed by atoms with Gasteiger partial charge >= 0.3 is 0 Å². The fourth-order valence-corrected chi connectivity index (χ4v) is 3.71. The highest BCUT2D eigenvalue weighted by molar-refractivity contribution is 7.99. The van der Waals surface area contributed by atoms with Gasteiger partial charge < -0.3 is 18.9 Å². The molecule has 0 radical (unpaired) electrons. The summed E-state index contributed by atoms with van der Waals surface area (Å²) in [6.07, 6.45) is 0.694. The lowest BCUT2D eigenvalue weighted by atomic mass is 10.0. The smallest absolute Gasteiger partial charge is 0.112 e. The first-order valence-electron chi connectivity index (χ1n) is 7.14. The predicted octanol–water partition coefficient (Wildman–Crippen LogP) is 2.71.